The number of aliphatic hydroxyl groups is 1. The van der Waals surface area contributed by atoms with E-state index < -0.39 is 0 Å². The molecule has 0 spiro atoms. The van der Waals surface area contributed by atoms with Crippen molar-refractivity contribution in [2.75, 3.05) is 0 Å². The largest absolute Gasteiger partial charge is 0.393 e. The minimum atomic E-state index is -0.0706. The Morgan fingerprint density at radius 2 is 1.69 bits per heavy atom. The summed E-state index contributed by atoms with van der Waals surface area (Å²) in [5.74, 6) is 3.79. The summed E-state index contributed by atoms with van der Waals surface area (Å²) in [6.45, 7) is 11.8. The summed E-state index contributed by atoms with van der Waals surface area (Å²) in [5, 5.41) is 10.2. The number of fused-ring (bicyclic) bond motifs is 5. The maximum Gasteiger partial charge on any atom is 0.0577 e. The van der Waals surface area contributed by atoms with Crippen LogP contribution in [-0.2, 0) is 0 Å². The molecule has 0 aliphatic heterocycles. The Morgan fingerprint density at radius 1 is 0.931 bits per heavy atom. The average Bonchev–Trinajstić information content (AvgIpc) is 3.03. The van der Waals surface area contributed by atoms with E-state index in [0.29, 0.717) is 10.8 Å². The molecule has 7 atom stereocenters. The first-order chi connectivity index (χ1) is 13.9. The van der Waals surface area contributed by atoms with Gasteiger partial charge < -0.3 is 5.11 Å². The first-order valence-corrected chi connectivity index (χ1v) is 13.3. The van der Waals surface area contributed by atoms with Crippen molar-refractivity contribution in [2.24, 2.45) is 34.5 Å². The quantitative estimate of drug-likeness (QED) is 0.362. The number of allylic oxidation sites excluding steroid dienone is 1. The van der Waals surface area contributed by atoms with E-state index in [9.17, 15) is 5.11 Å². The normalized spacial score (nSPS) is 43.4. The Hall–Kier alpha value is -0.300. The maximum absolute atomic E-state index is 10.2. The summed E-state index contributed by atoms with van der Waals surface area (Å²) in [7, 11) is 0. The molecular weight excluding hydrogens is 352 g/mol. The Balaban J connectivity index is 0.000000755. The van der Waals surface area contributed by atoms with Gasteiger partial charge in [-0.15, -0.1) is 0 Å². The van der Waals surface area contributed by atoms with Crippen LogP contribution in [0.5, 0.6) is 0 Å². The fourth-order valence-electron chi connectivity index (χ4n) is 8.04. The van der Waals surface area contributed by atoms with E-state index in [-0.39, 0.29) is 6.10 Å². The minimum absolute atomic E-state index is 0.0706. The Bertz CT molecular complexity index is 551. The molecule has 4 aliphatic carbocycles. The Labute approximate surface area is 182 Å². The topological polar surface area (TPSA) is 20.2 Å². The van der Waals surface area contributed by atoms with Crippen molar-refractivity contribution in [2.45, 2.75) is 131 Å². The lowest BCUT2D eigenvalue weighted by Crippen LogP contribution is -2.50. The van der Waals surface area contributed by atoms with Gasteiger partial charge in [0.1, 0.15) is 0 Å². The molecule has 3 saturated carbocycles. The monoisotopic (exact) mass is 402 g/mol. The van der Waals surface area contributed by atoms with Crippen LogP contribution in [0.15, 0.2) is 11.6 Å². The van der Waals surface area contributed by atoms with E-state index in [0.717, 1.165) is 36.5 Å². The number of hydrogen-bond donors (Lipinski definition) is 1. The fourth-order valence-corrected chi connectivity index (χ4v) is 8.04. The van der Waals surface area contributed by atoms with Crippen molar-refractivity contribution in [1.82, 2.24) is 0 Å². The first kappa shape index (κ1) is 23.4. The van der Waals surface area contributed by atoms with Crippen molar-refractivity contribution < 1.29 is 5.11 Å². The van der Waals surface area contributed by atoms with Gasteiger partial charge in [-0.05, 0) is 92.3 Å². The third-order valence-electron chi connectivity index (χ3n) is 9.68. The van der Waals surface area contributed by atoms with Gasteiger partial charge in [0.2, 0.25) is 0 Å². The van der Waals surface area contributed by atoms with Crippen LogP contribution in [0.25, 0.3) is 0 Å². The standard InChI is InChI=1S/C25H42O.C3H8/c1-4-5-6-7-8-18-10-12-22-21-11-9-19-17-20(26)13-15-25(19,3)23(21)14-16-24(18,22)2;1-3-2/h9,18,20-23,26H,4-8,10-17H2,1-3H3;3H2,1-2H3/t18-,20?,21?,22?,23?,24?,25?;/m0./s1. The molecule has 0 aromatic rings. The molecule has 0 amide bonds. The number of unbranched alkanes of at least 4 members (excludes halogenated alkanes) is 3. The summed E-state index contributed by atoms with van der Waals surface area (Å²) in [6, 6.07) is 0. The summed E-state index contributed by atoms with van der Waals surface area (Å²) in [6.07, 6.45) is 21.4. The molecule has 0 radical (unpaired) electrons. The van der Waals surface area contributed by atoms with Gasteiger partial charge in [-0.25, -0.2) is 0 Å². The van der Waals surface area contributed by atoms with Crippen molar-refractivity contribution in [1.29, 1.82) is 0 Å². The fraction of sp³-hybridized carbons (Fsp3) is 0.929. The van der Waals surface area contributed by atoms with Gasteiger partial charge in [-0.3, -0.25) is 0 Å². The lowest BCUT2D eigenvalue weighted by molar-refractivity contribution is -0.0508. The zero-order valence-corrected chi connectivity index (χ0v) is 20.3. The van der Waals surface area contributed by atoms with Crippen LogP contribution in [0.2, 0.25) is 0 Å². The van der Waals surface area contributed by atoms with Crippen LogP contribution in [-0.4, -0.2) is 11.2 Å². The molecule has 4 aliphatic rings. The zero-order valence-electron chi connectivity index (χ0n) is 20.3. The van der Waals surface area contributed by atoms with Crippen LogP contribution in [0.4, 0.5) is 0 Å². The highest BCUT2D eigenvalue weighted by molar-refractivity contribution is 5.25. The van der Waals surface area contributed by atoms with Gasteiger partial charge in [-0.1, -0.05) is 78.4 Å². The van der Waals surface area contributed by atoms with Crippen LogP contribution < -0.4 is 0 Å². The van der Waals surface area contributed by atoms with Crippen molar-refractivity contribution in [3.05, 3.63) is 11.6 Å². The molecule has 4 rings (SSSR count). The van der Waals surface area contributed by atoms with Crippen LogP contribution in [0.3, 0.4) is 0 Å². The van der Waals surface area contributed by atoms with Gasteiger partial charge >= 0.3 is 0 Å². The van der Waals surface area contributed by atoms with Crippen molar-refractivity contribution in [3.8, 4) is 0 Å². The summed E-state index contributed by atoms with van der Waals surface area (Å²) in [5.41, 5.74) is 2.65. The molecule has 6 unspecified atom stereocenters. The molecule has 3 fully saturated rings. The van der Waals surface area contributed by atoms with E-state index in [1.165, 1.54) is 77.0 Å². The van der Waals surface area contributed by atoms with Gasteiger partial charge in [0.05, 0.1) is 6.10 Å². The lowest BCUT2D eigenvalue weighted by Gasteiger charge is -2.58. The van der Waals surface area contributed by atoms with Crippen molar-refractivity contribution in [3.63, 3.8) is 0 Å². The van der Waals surface area contributed by atoms with E-state index in [4.69, 9.17) is 0 Å². The smallest absolute Gasteiger partial charge is 0.0577 e. The summed E-state index contributed by atoms with van der Waals surface area (Å²) >= 11 is 0. The maximum atomic E-state index is 10.2. The Morgan fingerprint density at radius 3 is 2.41 bits per heavy atom. The number of aliphatic hydroxyl groups excluding tert-OH is 1. The summed E-state index contributed by atoms with van der Waals surface area (Å²) < 4.78 is 0. The molecule has 1 N–H and O–H groups in total. The molecule has 1 heteroatoms. The van der Waals surface area contributed by atoms with Crippen LogP contribution >= 0.6 is 0 Å². The predicted octanol–water partition coefficient (Wildman–Crippen LogP) is 8.31. The van der Waals surface area contributed by atoms with Crippen LogP contribution in [0.1, 0.15) is 125 Å². The van der Waals surface area contributed by atoms with Gasteiger partial charge in [0, 0.05) is 0 Å². The molecule has 168 valence electrons. The van der Waals surface area contributed by atoms with E-state index >= 15 is 0 Å². The molecule has 0 saturated heterocycles. The highest BCUT2D eigenvalue weighted by Gasteiger charge is 2.58. The second kappa shape index (κ2) is 9.88. The van der Waals surface area contributed by atoms with Gasteiger partial charge in [0.15, 0.2) is 0 Å². The third-order valence-corrected chi connectivity index (χ3v) is 9.68. The molecule has 0 heterocycles. The first-order valence-electron chi connectivity index (χ1n) is 13.3. The number of rotatable bonds is 5. The van der Waals surface area contributed by atoms with E-state index in [1.807, 2.05) is 0 Å². The van der Waals surface area contributed by atoms with Gasteiger partial charge in [0.25, 0.3) is 0 Å². The molecule has 29 heavy (non-hydrogen) atoms. The van der Waals surface area contributed by atoms with E-state index in [1.54, 1.807) is 5.57 Å². The van der Waals surface area contributed by atoms with Gasteiger partial charge in [-0.2, -0.15) is 0 Å². The molecular formula is C28H50O. The predicted molar refractivity (Wildman–Crippen MR) is 126 cm³/mol. The third kappa shape index (κ3) is 4.51. The average molecular weight is 403 g/mol. The zero-order chi connectivity index (χ0) is 21.1. The van der Waals surface area contributed by atoms with Crippen molar-refractivity contribution >= 4 is 0 Å². The molecule has 0 bridgehead atoms. The highest BCUT2D eigenvalue weighted by Crippen LogP contribution is 2.66. The second-order valence-corrected chi connectivity index (χ2v) is 11.5. The van der Waals surface area contributed by atoms with Crippen LogP contribution in [0, 0.1) is 34.5 Å². The molecule has 0 aromatic carbocycles. The molecule has 0 aromatic heterocycles. The highest BCUT2D eigenvalue weighted by atomic mass is 16.3. The van der Waals surface area contributed by atoms with E-state index in [2.05, 4.69) is 40.7 Å². The lowest BCUT2D eigenvalue weighted by atomic mass is 9.47. The summed E-state index contributed by atoms with van der Waals surface area (Å²) in [4.78, 5) is 0. The minimum Gasteiger partial charge on any atom is -0.393 e. The number of hydrogen-bond acceptors (Lipinski definition) is 1. The Kier molecular flexibility index (Phi) is 7.96. The molecule has 1 nitrogen and oxygen atoms in total. The SMILES string of the molecule is CCC.CCCCCC[C@H]1CCC2C3CC=C4CC(O)CCC4(C)C3CCC21C. The second-order valence-electron chi connectivity index (χ2n) is 11.5.